The summed E-state index contributed by atoms with van der Waals surface area (Å²) in [6, 6.07) is 4.32. The zero-order valence-electron chi connectivity index (χ0n) is 18.4. The molecule has 0 amide bonds. The molecule has 0 atom stereocenters. The van der Waals surface area contributed by atoms with E-state index < -0.39 is 21.7 Å². The Morgan fingerprint density at radius 1 is 1.21 bits per heavy atom. The van der Waals surface area contributed by atoms with Crippen LogP contribution in [-0.2, 0) is 14.8 Å². The van der Waals surface area contributed by atoms with Crippen molar-refractivity contribution in [3.63, 3.8) is 0 Å². The second kappa shape index (κ2) is 9.94. The molecule has 0 spiro atoms. The summed E-state index contributed by atoms with van der Waals surface area (Å²) in [5, 5.41) is 3.96. The summed E-state index contributed by atoms with van der Waals surface area (Å²) in [5.41, 5.74) is 0.193. The van der Waals surface area contributed by atoms with E-state index in [1.165, 1.54) is 24.4 Å². The van der Waals surface area contributed by atoms with Crippen molar-refractivity contribution >= 4 is 38.0 Å². The van der Waals surface area contributed by atoms with Crippen molar-refractivity contribution in [2.75, 3.05) is 19.7 Å². The molecule has 10 nitrogen and oxygen atoms in total. The second-order valence-corrected chi connectivity index (χ2v) is 9.83. The normalized spacial score (nSPS) is 15.2. The number of pyridine rings is 1. The van der Waals surface area contributed by atoms with Crippen LogP contribution in [0.3, 0.4) is 0 Å². The lowest BCUT2D eigenvalue weighted by molar-refractivity contribution is 0.0979. The van der Waals surface area contributed by atoms with E-state index in [-0.39, 0.29) is 28.8 Å². The lowest BCUT2D eigenvalue weighted by Gasteiger charge is -2.23. The standard InChI is InChI=1S/C22H28N4O6S/c1-2-3-4-11-31-22(28)32-18-13-24-20-19(18)16-12-15(5-6-17(16)25-21(20)27)33(29,30)26-14-7-9-23-10-8-14/h5-6,12-14,23-24,26H,2-4,7-11H2,1H3,(H,25,27). The predicted octanol–water partition coefficient (Wildman–Crippen LogP) is 2.75. The largest absolute Gasteiger partial charge is 0.513 e. The number of piperidine rings is 1. The van der Waals surface area contributed by atoms with Crippen LogP contribution in [0, 0.1) is 0 Å². The Balaban J connectivity index is 1.67. The molecule has 2 aromatic heterocycles. The topological polar surface area (TPSA) is 142 Å². The van der Waals surface area contributed by atoms with Gasteiger partial charge in [-0.05, 0) is 50.6 Å². The van der Waals surface area contributed by atoms with Gasteiger partial charge in [0.2, 0.25) is 10.0 Å². The number of H-pyrrole nitrogens is 2. The molecule has 0 saturated carbocycles. The van der Waals surface area contributed by atoms with Gasteiger partial charge in [0.15, 0.2) is 5.75 Å². The van der Waals surface area contributed by atoms with Crippen molar-refractivity contribution in [1.29, 1.82) is 0 Å². The molecule has 1 fully saturated rings. The highest BCUT2D eigenvalue weighted by atomic mass is 32.2. The van der Waals surface area contributed by atoms with Crippen LogP contribution in [0.25, 0.3) is 21.8 Å². The average Bonchev–Trinajstić information content (AvgIpc) is 3.21. The van der Waals surface area contributed by atoms with Gasteiger partial charge in [-0.3, -0.25) is 4.79 Å². The Bertz CT molecular complexity index is 1310. The Labute approximate surface area is 191 Å². The third-order valence-corrected chi connectivity index (χ3v) is 7.23. The highest BCUT2D eigenvalue weighted by Crippen LogP contribution is 2.32. The van der Waals surface area contributed by atoms with Gasteiger partial charge >= 0.3 is 6.16 Å². The number of nitrogens with one attached hydrogen (secondary N) is 4. The van der Waals surface area contributed by atoms with Gasteiger partial charge in [0.25, 0.3) is 5.56 Å². The van der Waals surface area contributed by atoms with Crippen LogP contribution in [0.5, 0.6) is 5.75 Å². The number of benzene rings is 1. The number of unbranched alkanes of at least 4 members (excludes halogenated alkanes) is 2. The van der Waals surface area contributed by atoms with Gasteiger partial charge in [0, 0.05) is 23.1 Å². The van der Waals surface area contributed by atoms with E-state index in [0.29, 0.717) is 29.1 Å². The number of carbonyl (C=O) groups excluding carboxylic acids is 1. The summed E-state index contributed by atoms with van der Waals surface area (Å²) in [5.74, 6) is 0.0995. The molecular formula is C22H28N4O6S. The molecule has 1 saturated heterocycles. The minimum Gasteiger partial charge on any atom is -0.434 e. The molecule has 0 radical (unpaired) electrons. The molecule has 1 aliphatic heterocycles. The monoisotopic (exact) mass is 476 g/mol. The van der Waals surface area contributed by atoms with Gasteiger partial charge < -0.3 is 24.8 Å². The van der Waals surface area contributed by atoms with Gasteiger partial charge in [0.05, 0.1) is 16.9 Å². The Hall–Kier alpha value is -2.89. The van der Waals surface area contributed by atoms with Crippen LogP contribution in [0.1, 0.15) is 39.0 Å². The van der Waals surface area contributed by atoms with Gasteiger partial charge in [0.1, 0.15) is 5.52 Å². The second-order valence-electron chi connectivity index (χ2n) is 8.12. The van der Waals surface area contributed by atoms with Crippen LogP contribution >= 0.6 is 0 Å². The molecule has 1 aromatic carbocycles. The number of hydrogen-bond acceptors (Lipinski definition) is 7. The third-order valence-electron chi connectivity index (χ3n) is 5.71. The van der Waals surface area contributed by atoms with E-state index in [2.05, 4.69) is 20.0 Å². The molecule has 3 aromatic rings. The first kappa shape index (κ1) is 23.3. The van der Waals surface area contributed by atoms with Crippen molar-refractivity contribution in [1.82, 2.24) is 20.0 Å². The maximum absolute atomic E-state index is 13.0. The zero-order valence-corrected chi connectivity index (χ0v) is 19.2. The van der Waals surface area contributed by atoms with E-state index in [4.69, 9.17) is 9.47 Å². The summed E-state index contributed by atoms with van der Waals surface area (Å²) >= 11 is 0. The molecule has 1 aliphatic rings. The molecular weight excluding hydrogens is 448 g/mol. The maximum Gasteiger partial charge on any atom is 0.513 e. The molecule has 0 unspecified atom stereocenters. The van der Waals surface area contributed by atoms with Crippen LogP contribution in [0.4, 0.5) is 4.79 Å². The number of sulfonamides is 1. The number of ether oxygens (including phenoxy) is 2. The lowest BCUT2D eigenvalue weighted by atomic mass is 10.1. The van der Waals surface area contributed by atoms with Crippen LogP contribution < -0.4 is 20.3 Å². The molecule has 3 heterocycles. The zero-order chi connectivity index (χ0) is 23.4. The van der Waals surface area contributed by atoms with Crippen molar-refractivity contribution in [3.8, 4) is 5.75 Å². The van der Waals surface area contributed by atoms with Gasteiger partial charge in [-0.2, -0.15) is 0 Å². The number of aromatic amines is 2. The third kappa shape index (κ3) is 5.21. The van der Waals surface area contributed by atoms with Crippen molar-refractivity contribution in [2.24, 2.45) is 0 Å². The van der Waals surface area contributed by atoms with Crippen molar-refractivity contribution in [3.05, 3.63) is 34.7 Å². The number of aromatic nitrogens is 2. The van der Waals surface area contributed by atoms with Crippen molar-refractivity contribution < 1.29 is 22.7 Å². The first-order chi connectivity index (χ1) is 15.9. The summed E-state index contributed by atoms with van der Waals surface area (Å²) in [6.45, 7) is 3.79. The molecule has 0 aliphatic carbocycles. The Morgan fingerprint density at radius 2 is 2.00 bits per heavy atom. The number of hydrogen-bond donors (Lipinski definition) is 4. The summed E-state index contributed by atoms with van der Waals surface area (Å²) in [4.78, 5) is 30.2. The molecule has 4 rings (SSSR count). The fourth-order valence-electron chi connectivity index (χ4n) is 3.98. The predicted molar refractivity (Wildman–Crippen MR) is 124 cm³/mol. The van der Waals surface area contributed by atoms with Crippen LogP contribution in [0.15, 0.2) is 34.1 Å². The fourth-order valence-corrected chi connectivity index (χ4v) is 5.31. The lowest BCUT2D eigenvalue weighted by Crippen LogP contribution is -2.42. The smallest absolute Gasteiger partial charge is 0.434 e. The fraction of sp³-hybridized carbons (Fsp3) is 0.455. The summed E-state index contributed by atoms with van der Waals surface area (Å²) < 4.78 is 39.2. The van der Waals surface area contributed by atoms with E-state index >= 15 is 0 Å². The van der Waals surface area contributed by atoms with Crippen LogP contribution in [-0.4, -0.2) is 50.3 Å². The van der Waals surface area contributed by atoms with Crippen LogP contribution in [0.2, 0.25) is 0 Å². The van der Waals surface area contributed by atoms with E-state index in [0.717, 1.165) is 32.4 Å². The highest BCUT2D eigenvalue weighted by Gasteiger charge is 2.23. The minimum atomic E-state index is -3.78. The Morgan fingerprint density at radius 3 is 2.76 bits per heavy atom. The molecule has 4 N–H and O–H groups in total. The minimum absolute atomic E-state index is 0.0659. The summed E-state index contributed by atoms with van der Waals surface area (Å²) in [6.07, 6.45) is 4.59. The number of fused-ring (bicyclic) bond motifs is 3. The summed E-state index contributed by atoms with van der Waals surface area (Å²) in [7, 11) is -3.78. The first-order valence-electron chi connectivity index (χ1n) is 11.1. The van der Waals surface area contributed by atoms with Gasteiger partial charge in [-0.1, -0.05) is 19.8 Å². The van der Waals surface area contributed by atoms with Gasteiger partial charge in [-0.25, -0.2) is 17.9 Å². The number of rotatable bonds is 8. The molecule has 0 bridgehead atoms. The maximum atomic E-state index is 13.0. The quantitative estimate of drug-likeness (QED) is 0.289. The molecule has 11 heteroatoms. The average molecular weight is 477 g/mol. The molecule has 178 valence electrons. The number of carbonyl (C=O) groups is 1. The Kier molecular flexibility index (Phi) is 7.01. The van der Waals surface area contributed by atoms with E-state index in [1.807, 2.05) is 6.92 Å². The van der Waals surface area contributed by atoms with E-state index in [1.54, 1.807) is 0 Å². The first-order valence-corrected chi connectivity index (χ1v) is 12.6. The van der Waals surface area contributed by atoms with Gasteiger partial charge in [-0.15, -0.1) is 0 Å². The van der Waals surface area contributed by atoms with E-state index in [9.17, 15) is 18.0 Å². The van der Waals surface area contributed by atoms with Crippen molar-refractivity contribution in [2.45, 2.75) is 50.0 Å². The molecule has 33 heavy (non-hydrogen) atoms. The SMILES string of the molecule is CCCCCOC(=O)Oc1c[nH]c2c(=O)[nH]c3ccc(S(=O)(=O)NC4CCNCC4)cc3c12. The highest BCUT2D eigenvalue weighted by molar-refractivity contribution is 7.89.